The summed E-state index contributed by atoms with van der Waals surface area (Å²) in [6.45, 7) is 1.05. The van der Waals surface area contributed by atoms with E-state index in [1.165, 1.54) is 6.07 Å². The van der Waals surface area contributed by atoms with Gasteiger partial charge < -0.3 is 19.9 Å². The lowest BCUT2D eigenvalue weighted by molar-refractivity contribution is -0.126. The second-order valence-electron chi connectivity index (χ2n) is 5.42. The molecule has 23 heavy (non-hydrogen) atoms. The number of hydrogen-bond acceptors (Lipinski definition) is 4. The molecule has 0 bridgehead atoms. The molecular weight excluding hydrogens is 308 g/mol. The number of nitrogens with one attached hydrogen (secondary N) is 1. The van der Waals surface area contributed by atoms with Gasteiger partial charge in [-0.1, -0.05) is 6.07 Å². The third-order valence-corrected chi connectivity index (χ3v) is 3.69. The van der Waals surface area contributed by atoms with Crippen molar-refractivity contribution in [2.45, 2.75) is 31.4 Å². The highest BCUT2D eigenvalue weighted by Gasteiger charge is 2.27. The fourth-order valence-corrected chi connectivity index (χ4v) is 2.49. The highest BCUT2D eigenvalue weighted by Crippen LogP contribution is 2.13. The van der Waals surface area contributed by atoms with E-state index in [1.807, 2.05) is 0 Å². The second-order valence-corrected chi connectivity index (χ2v) is 5.42. The number of carbonyl (C=O) groups is 1. The van der Waals surface area contributed by atoms with Crippen LogP contribution in [0, 0.1) is 11.6 Å². The number of aliphatic hydroxyl groups is 1. The van der Waals surface area contributed by atoms with Gasteiger partial charge in [-0.3, -0.25) is 4.79 Å². The summed E-state index contributed by atoms with van der Waals surface area (Å²) in [5.74, 6) is -2.02. The Hall–Kier alpha value is -1.57. The summed E-state index contributed by atoms with van der Waals surface area (Å²) < 4.78 is 36.8. The Labute approximate surface area is 133 Å². The fraction of sp³-hybridized carbons (Fsp3) is 0.562. The first-order chi connectivity index (χ1) is 11.1. The Morgan fingerprint density at radius 3 is 2.96 bits per heavy atom. The summed E-state index contributed by atoms with van der Waals surface area (Å²) in [7, 11) is 0. The van der Waals surface area contributed by atoms with Crippen LogP contribution in [0.5, 0.6) is 0 Å². The lowest BCUT2D eigenvalue weighted by atomic mass is 10.1. The van der Waals surface area contributed by atoms with Crippen molar-refractivity contribution in [3.05, 3.63) is 35.4 Å². The average Bonchev–Trinajstić information content (AvgIpc) is 2.55. The predicted molar refractivity (Wildman–Crippen MR) is 78.9 cm³/mol. The number of halogens is 2. The van der Waals surface area contributed by atoms with Gasteiger partial charge in [0.05, 0.1) is 32.0 Å². The van der Waals surface area contributed by atoms with Crippen LogP contribution in [0.4, 0.5) is 8.78 Å². The number of amides is 1. The van der Waals surface area contributed by atoms with Gasteiger partial charge in [-0.25, -0.2) is 8.78 Å². The van der Waals surface area contributed by atoms with Crippen molar-refractivity contribution >= 4 is 5.91 Å². The Bertz CT molecular complexity index is 527. The van der Waals surface area contributed by atoms with Crippen LogP contribution < -0.4 is 5.32 Å². The Balaban J connectivity index is 1.81. The van der Waals surface area contributed by atoms with E-state index >= 15 is 0 Å². The quantitative estimate of drug-likeness (QED) is 0.788. The van der Waals surface area contributed by atoms with Gasteiger partial charge >= 0.3 is 0 Å². The molecule has 1 saturated heterocycles. The number of carbonyl (C=O) groups excluding carboxylic acids is 1. The number of ether oxygens (including phenoxy) is 2. The van der Waals surface area contributed by atoms with Crippen molar-refractivity contribution in [3.63, 3.8) is 0 Å². The highest BCUT2D eigenvalue weighted by molar-refractivity contribution is 5.76. The van der Waals surface area contributed by atoms with E-state index < -0.39 is 11.6 Å². The van der Waals surface area contributed by atoms with E-state index in [0.717, 1.165) is 12.1 Å². The van der Waals surface area contributed by atoms with E-state index in [2.05, 4.69) is 5.32 Å². The Morgan fingerprint density at radius 1 is 1.39 bits per heavy atom. The molecule has 1 aliphatic heterocycles. The molecule has 1 fully saturated rings. The second kappa shape index (κ2) is 8.90. The van der Waals surface area contributed by atoms with E-state index in [1.54, 1.807) is 0 Å². The van der Waals surface area contributed by atoms with Crippen LogP contribution in [-0.2, 0) is 20.7 Å². The van der Waals surface area contributed by atoms with E-state index in [-0.39, 0.29) is 37.7 Å². The first-order valence-electron chi connectivity index (χ1n) is 7.63. The molecule has 128 valence electrons. The van der Waals surface area contributed by atoms with E-state index in [4.69, 9.17) is 14.6 Å². The largest absolute Gasteiger partial charge is 0.394 e. The molecule has 2 N–H and O–H groups in total. The monoisotopic (exact) mass is 329 g/mol. The number of aliphatic hydroxyl groups excluding tert-OH is 1. The molecule has 1 amide bonds. The van der Waals surface area contributed by atoms with Gasteiger partial charge in [-0.15, -0.1) is 0 Å². The third kappa shape index (κ3) is 5.53. The van der Waals surface area contributed by atoms with Crippen molar-refractivity contribution in [2.24, 2.45) is 0 Å². The number of aryl methyl sites for hydroxylation is 1. The summed E-state index contributed by atoms with van der Waals surface area (Å²) >= 11 is 0. The Kier molecular flexibility index (Phi) is 6.88. The molecule has 2 rings (SSSR count). The zero-order valence-corrected chi connectivity index (χ0v) is 12.8. The van der Waals surface area contributed by atoms with Crippen LogP contribution in [0.15, 0.2) is 18.2 Å². The summed E-state index contributed by atoms with van der Waals surface area (Å²) in [6.07, 6.45) is 0.935. The van der Waals surface area contributed by atoms with Crippen molar-refractivity contribution in [1.82, 2.24) is 5.32 Å². The van der Waals surface area contributed by atoms with Crippen molar-refractivity contribution in [3.8, 4) is 0 Å². The third-order valence-electron chi connectivity index (χ3n) is 3.69. The molecule has 2 atom stereocenters. The zero-order chi connectivity index (χ0) is 16.7. The summed E-state index contributed by atoms with van der Waals surface area (Å²) in [5.41, 5.74) is 0.562. The maximum atomic E-state index is 13.1. The van der Waals surface area contributed by atoms with Crippen LogP contribution in [0.1, 0.15) is 18.4 Å². The predicted octanol–water partition coefficient (Wildman–Crippen LogP) is 1.18. The number of hydrogen-bond donors (Lipinski definition) is 2. The smallest absolute Gasteiger partial charge is 0.220 e. The van der Waals surface area contributed by atoms with Crippen molar-refractivity contribution < 1.29 is 28.2 Å². The SMILES string of the molecule is O=C(CCc1ccc(F)c(F)c1)N[C@@H]1COCC[C@@H]1OCCO. The minimum absolute atomic E-state index is 0.0752. The topological polar surface area (TPSA) is 67.8 Å². The van der Waals surface area contributed by atoms with Gasteiger partial charge in [0.15, 0.2) is 11.6 Å². The van der Waals surface area contributed by atoms with Gasteiger partial charge in [-0.05, 0) is 30.5 Å². The maximum absolute atomic E-state index is 13.1. The molecule has 0 spiro atoms. The molecule has 5 nitrogen and oxygen atoms in total. The minimum atomic E-state index is -0.916. The molecule has 0 aliphatic carbocycles. The first kappa shape index (κ1) is 17.8. The molecular formula is C16H21F2NO4. The van der Waals surface area contributed by atoms with Gasteiger partial charge in [0.1, 0.15) is 0 Å². The molecule has 1 aromatic carbocycles. The molecule has 0 aromatic heterocycles. The van der Waals surface area contributed by atoms with Gasteiger partial charge in [0.25, 0.3) is 0 Å². The number of rotatable bonds is 7. The number of benzene rings is 1. The lowest BCUT2D eigenvalue weighted by Crippen LogP contribution is -2.50. The van der Waals surface area contributed by atoms with Crippen molar-refractivity contribution in [2.75, 3.05) is 26.4 Å². The summed E-state index contributed by atoms with van der Waals surface area (Å²) in [4.78, 5) is 12.0. The van der Waals surface area contributed by atoms with Crippen LogP contribution in [0.2, 0.25) is 0 Å². The van der Waals surface area contributed by atoms with Crippen LogP contribution in [0.3, 0.4) is 0 Å². The summed E-state index contributed by atoms with van der Waals surface area (Å²) in [6, 6.07) is 3.34. The standard InChI is InChI=1S/C16H21F2NO4/c17-12-3-1-11(9-13(12)18)2-4-16(21)19-14-10-22-7-5-15(14)23-8-6-20/h1,3,9,14-15,20H,2,4-8,10H2,(H,19,21)/t14-,15+/m1/s1. The molecule has 7 heteroatoms. The molecule has 1 aromatic rings. The van der Waals surface area contributed by atoms with Gasteiger partial charge in [0.2, 0.25) is 5.91 Å². The molecule has 1 heterocycles. The van der Waals surface area contributed by atoms with Crippen LogP contribution >= 0.6 is 0 Å². The molecule has 0 unspecified atom stereocenters. The maximum Gasteiger partial charge on any atom is 0.220 e. The zero-order valence-electron chi connectivity index (χ0n) is 12.8. The average molecular weight is 329 g/mol. The highest BCUT2D eigenvalue weighted by atomic mass is 19.2. The van der Waals surface area contributed by atoms with E-state index in [9.17, 15) is 13.6 Å². The van der Waals surface area contributed by atoms with Gasteiger partial charge in [0, 0.05) is 13.0 Å². The van der Waals surface area contributed by atoms with E-state index in [0.29, 0.717) is 31.6 Å². The summed E-state index contributed by atoms with van der Waals surface area (Å²) in [5, 5.41) is 11.7. The molecule has 0 saturated carbocycles. The van der Waals surface area contributed by atoms with Crippen LogP contribution in [-0.4, -0.2) is 49.6 Å². The van der Waals surface area contributed by atoms with Crippen LogP contribution in [0.25, 0.3) is 0 Å². The van der Waals surface area contributed by atoms with Gasteiger partial charge in [-0.2, -0.15) is 0 Å². The molecule has 0 radical (unpaired) electrons. The molecule has 1 aliphatic rings. The normalized spacial score (nSPS) is 21.2. The fourth-order valence-electron chi connectivity index (χ4n) is 2.49. The minimum Gasteiger partial charge on any atom is -0.394 e. The lowest BCUT2D eigenvalue weighted by Gasteiger charge is -2.32. The van der Waals surface area contributed by atoms with Crippen molar-refractivity contribution in [1.29, 1.82) is 0 Å². The first-order valence-corrected chi connectivity index (χ1v) is 7.63. The Morgan fingerprint density at radius 2 is 2.22 bits per heavy atom.